The van der Waals surface area contributed by atoms with E-state index < -0.39 is 8.07 Å². The summed E-state index contributed by atoms with van der Waals surface area (Å²) >= 11 is 2.26. The van der Waals surface area contributed by atoms with Gasteiger partial charge in [0.2, 0.25) is 0 Å². The van der Waals surface area contributed by atoms with Gasteiger partial charge in [0.1, 0.15) is 10.4 Å². The zero-order valence-electron chi connectivity index (χ0n) is 11.0. The standard InChI is InChI=1S/C11H21IN2O2Si/c1-15-8-10-7-11(12)14(13-10)9-16-5-6-17(2,3)4/h7H,5-6,8-9H2,1-4H3. The number of halogens is 1. The highest BCUT2D eigenvalue weighted by Crippen LogP contribution is 2.10. The van der Waals surface area contributed by atoms with Crippen molar-refractivity contribution in [3.63, 3.8) is 0 Å². The van der Waals surface area contributed by atoms with Crippen LogP contribution in [0, 0.1) is 3.70 Å². The molecule has 0 saturated carbocycles. The van der Waals surface area contributed by atoms with Gasteiger partial charge in [-0.1, -0.05) is 19.6 Å². The largest absolute Gasteiger partial charge is 0.378 e. The minimum absolute atomic E-state index is 0.534. The Hall–Kier alpha value is 0.0769. The lowest BCUT2D eigenvalue weighted by Gasteiger charge is -2.15. The van der Waals surface area contributed by atoms with Crippen molar-refractivity contribution >= 4 is 30.7 Å². The molecular weight excluding hydrogens is 347 g/mol. The van der Waals surface area contributed by atoms with Crippen LogP contribution in [-0.4, -0.2) is 31.6 Å². The predicted molar refractivity (Wildman–Crippen MR) is 79.8 cm³/mol. The van der Waals surface area contributed by atoms with E-state index in [-0.39, 0.29) is 0 Å². The minimum atomic E-state index is -0.993. The van der Waals surface area contributed by atoms with Crippen LogP contribution in [0.4, 0.5) is 0 Å². The maximum atomic E-state index is 5.66. The Morgan fingerprint density at radius 2 is 2.12 bits per heavy atom. The molecule has 0 spiro atoms. The molecule has 0 amide bonds. The molecule has 0 saturated heterocycles. The molecule has 0 fully saturated rings. The summed E-state index contributed by atoms with van der Waals surface area (Å²) in [6, 6.07) is 3.21. The van der Waals surface area contributed by atoms with Crippen LogP contribution in [0.2, 0.25) is 25.7 Å². The lowest BCUT2D eigenvalue weighted by Crippen LogP contribution is -2.22. The van der Waals surface area contributed by atoms with Gasteiger partial charge >= 0.3 is 0 Å². The van der Waals surface area contributed by atoms with Crippen molar-refractivity contribution in [2.24, 2.45) is 0 Å². The second-order valence-electron chi connectivity index (χ2n) is 5.24. The Morgan fingerprint density at radius 3 is 2.71 bits per heavy atom. The smallest absolute Gasteiger partial charge is 0.140 e. The summed E-state index contributed by atoms with van der Waals surface area (Å²) in [5.74, 6) is 0. The van der Waals surface area contributed by atoms with Crippen molar-refractivity contribution < 1.29 is 9.47 Å². The summed E-state index contributed by atoms with van der Waals surface area (Å²) in [4.78, 5) is 0. The van der Waals surface area contributed by atoms with Gasteiger partial charge in [-0.2, -0.15) is 5.10 Å². The number of methoxy groups -OCH3 is 1. The Morgan fingerprint density at radius 1 is 1.41 bits per heavy atom. The van der Waals surface area contributed by atoms with Crippen LogP contribution < -0.4 is 0 Å². The maximum Gasteiger partial charge on any atom is 0.140 e. The topological polar surface area (TPSA) is 36.3 Å². The van der Waals surface area contributed by atoms with Crippen LogP contribution in [0.15, 0.2) is 6.07 Å². The second kappa shape index (κ2) is 6.86. The van der Waals surface area contributed by atoms with Crippen molar-refractivity contribution in [2.75, 3.05) is 13.7 Å². The molecule has 98 valence electrons. The number of hydrogen-bond donors (Lipinski definition) is 0. The molecule has 0 bridgehead atoms. The number of nitrogens with zero attached hydrogens (tertiary/aromatic N) is 2. The Labute approximate surface area is 118 Å². The van der Waals surface area contributed by atoms with Crippen LogP contribution in [0.1, 0.15) is 5.69 Å². The van der Waals surface area contributed by atoms with Gasteiger partial charge in [-0.05, 0) is 34.7 Å². The van der Waals surface area contributed by atoms with Crippen molar-refractivity contribution in [3.05, 3.63) is 15.5 Å². The molecule has 0 aromatic carbocycles. The van der Waals surface area contributed by atoms with E-state index in [9.17, 15) is 0 Å². The predicted octanol–water partition coefficient (Wildman–Crippen LogP) is 2.95. The quantitative estimate of drug-likeness (QED) is 0.422. The molecule has 6 heteroatoms. The van der Waals surface area contributed by atoms with E-state index in [2.05, 4.69) is 47.3 Å². The Kier molecular flexibility index (Phi) is 6.11. The Bertz CT molecular complexity index is 350. The third-order valence-corrected chi connectivity index (χ3v) is 4.86. The fourth-order valence-electron chi connectivity index (χ4n) is 1.28. The first-order valence-electron chi connectivity index (χ1n) is 5.71. The molecule has 0 aliphatic rings. The maximum absolute atomic E-state index is 5.66. The zero-order valence-corrected chi connectivity index (χ0v) is 14.2. The van der Waals surface area contributed by atoms with E-state index in [1.54, 1.807) is 7.11 Å². The van der Waals surface area contributed by atoms with Gasteiger partial charge in [0.15, 0.2) is 0 Å². The highest BCUT2D eigenvalue weighted by atomic mass is 127. The van der Waals surface area contributed by atoms with Gasteiger partial charge in [-0.15, -0.1) is 0 Å². The summed E-state index contributed by atoms with van der Waals surface area (Å²) in [5, 5.41) is 4.40. The summed E-state index contributed by atoms with van der Waals surface area (Å²) in [7, 11) is 0.684. The van der Waals surface area contributed by atoms with E-state index in [4.69, 9.17) is 9.47 Å². The van der Waals surface area contributed by atoms with Gasteiger partial charge in [0.05, 0.1) is 12.3 Å². The highest BCUT2D eigenvalue weighted by molar-refractivity contribution is 14.1. The first-order chi connectivity index (χ1) is 7.92. The normalized spacial score (nSPS) is 12.1. The monoisotopic (exact) mass is 368 g/mol. The number of aromatic nitrogens is 2. The Balaban J connectivity index is 2.36. The fraction of sp³-hybridized carbons (Fsp3) is 0.727. The van der Waals surface area contributed by atoms with Crippen LogP contribution in [0.3, 0.4) is 0 Å². The number of hydrogen-bond acceptors (Lipinski definition) is 3. The van der Waals surface area contributed by atoms with E-state index in [0.29, 0.717) is 13.3 Å². The molecule has 0 unspecified atom stereocenters. The van der Waals surface area contributed by atoms with Crippen molar-refractivity contribution in [1.29, 1.82) is 0 Å². The van der Waals surface area contributed by atoms with Crippen molar-refractivity contribution in [1.82, 2.24) is 9.78 Å². The lowest BCUT2D eigenvalue weighted by molar-refractivity contribution is 0.0756. The molecule has 1 heterocycles. The minimum Gasteiger partial charge on any atom is -0.378 e. The molecule has 4 nitrogen and oxygen atoms in total. The van der Waals surface area contributed by atoms with Crippen LogP contribution in [-0.2, 0) is 22.8 Å². The first kappa shape index (κ1) is 15.1. The number of ether oxygens (including phenoxy) is 2. The van der Waals surface area contributed by atoms with Crippen LogP contribution in [0.5, 0.6) is 0 Å². The summed E-state index contributed by atoms with van der Waals surface area (Å²) in [6.45, 7) is 8.97. The molecule has 0 atom stereocenters. The van der Waals surface area contributed by atoms with Gasteiger partial charge in [0.25, 0.3) is 0 Å². The SMILES string of the molecule is COCc1cc(I)n(COCC[Si](C)(C)C)n1. The summed E-state index contributed by atoms with van der Waals surface area (Å²) < 4.78 is 13.7. The average molecular weight is 368 g/mol. The van der Waals surface area contributed by atoms with Crippen LogP contribution >= 0.6 is 22.6 Å². The zero-order chi connectivity index (χ0) is 12.9. The summed E-state index contributed by atoms with van der Waals surface area (Å²) in [5.41, 5.74) is 0.950. The van der Waals surface area contributed by atoms with Gasteiger partial charge < -0.3 is 9.47 Å². The lowest BCUT2D eigenvalue weighted by atomic mass is 10.5. The van der Waals surface area contributed by atoms with Gasteiger partial charge in [0, 0.05) is 21.8 Å². The van der Waals surface area contributed by atoms with Crippen molar-refractivity contribution in [2.45, 2.75) is 39.0 Å². The highest BCUT2D eigenvalue weighted by Gasteiger charge is 2.12. The van der Waals surface area contributed by atoms with E-state index >= 15 is 0 Å². The third kappa shape index (κ3) is 5.98. The summed E-state index contributed by atoms with van der Waals surface area (Å²) in [6.07, 6.45) is 0. The molecule has 0 aliphatic carbocycles. The third-order valence-electron chi connectivity index (χ3n) is 2.28. The molecule has 17 heavy (non-hydrogen) atoms. The van der Waals surface area contributed by atoms with Crippen LogP contribution in [0.25, 0.3) is 0 Å². The molecule has 0 aliphatic heterocycles. The van der Waals surface area contributed by atoms with E-state index in [1.807, 2.05) is 10.7 Å². The number of rotatable bonds is 7. The van der Waals surface area contributed by atoms with Gasteiger partial charge in [-0.3, -0.25) is 0 Å². The fourth-order valence-corrected chi connectivity index (χ4v) is 2.65. The first-order valence-corrected chi connectivity index (χ1v) is 10.5. The van der Waals surface area contributed by atoms with E-state index in [0.717, 1.165) is 16.0 Å². The average Bonchev–Trinajstić information content (AvgIpc) is 2.53. The second-order valence-corrected chi connectivity index (χ2v) is 12.0. The molecule has 1 aromatic rings. The molecule has 0 N–H and O–H groups in total. The molecular formula is C11H21IN2O2Si. The van der Waals surface area contributed by atoms with Gasteiger partial charge in [-0.25, -0.2) is 4.68 Å². The molecule has 1 rings (SSSR count). The van der Waals surface area contributed by atoms with E-state index in [1.165, 1.54) is 6.04 Å². The van der Waals surface area contributed by atoms with Crippen molar-refractivity contribution in [3.8, 4) is 0 Å². The molecule has 0 radical (unpaired) electrons. The molecule has 1 aromatic heterocycles.